The van der Waals surface area contributed by atoms with E-state index in [0.717, 1.165) is 0 Å². The van der Waals surface area contributed by atoms with E-state index in [9.17, 15) is 14.7 Å². The fourth-order valence-corrected chi connectivity index (χ4v) is 3.66. The molecule has 7 nitrogen and oxygen atoms in total. The fraction of sp³-hybridized carbons (Fsp3) is 0.286. The van der Waals surface area contributed by atoms with Crippen molar-refractivity contribution >= 4 is 29.1 Å². The van der Waals surface area contributed by atoms with Crippen LogP contribution in [0.1, 0.15) is 30.5 Å². The first kappa shape index (κ1) is 20.7. The van der Waals surface area contributed by atoms with E-state index < -0.39 is 17.7 Å². The number of ketones is 1. The number of aliphatic hydroxyl groups is 1. The Morgan fingerprint density at radius 2 is 1.97 bits per heavy atom. The van der Waals surface area contributed by atoms with Gasteiger partial charge >= 0.3 is 0 Å². The number of amides is 1. The first-order chi connectivity index (χ1) is 13.9. The second-order valence-electron chi connectivity index (χ2n) is 6.47. The first-order valence-electron chi connectivity index (χ1n) is 9.04. The van der Waals surface area contributed by atoms with E-state index in [1.807, 2.05) is 6.92 Å². The zero-order chi connectivity index (χ0) is 21.1. The van der Waals surface area contributed by atoms with Crippen molar-refractivity contribution in [1.82, 2.24) is 9.88 Å². The van der Waals surface area contributed by atoms with Crippen LogP contribution in [0.3, 0.4) is 0 Å². The highest BCUT2D eigenvalue weighted by Crippen LogP contribution is 2.42. The molecule has 0 radical (unpaired) electrons. The molecule has 1 aromatic carbocycles. The zero-order valence-electron chi connectivity index (χ0n) is 16.3. The largest absolute Gasteiger partial charge is 0.507 e. The summed E-state index contributed by atoms with van der Waals surface area (Å²) in [6.45, 7) is 2.27. The summed E-state index contributed by atoms with van der Waals surface area (Å²) in [6.07, 6.45) is 3.83. The summed E-state index contributed by atoms with van der Waals surface area (Å²) in [7, 11) is 2.86. The van der Waals surface area contributed by atoms with Gasteiger partial charge in [-0.15, -0.1) is 0 Å². The number of halogens is 1. The number of aromatic nitrogens is 1. The third kappa shape index (κ3) is 3.65. The van der Waals surface area contributed by atoms with Crippen molar-refractivity contribution in [2.24, 2.45) is 0 Å². The molecule has 1 fully saturated rings. The SMILES string of the molecule is CCCN1C(=O)C(=O)/C(=C(/O)c2cc(OC)c(Cl)cc2OC)C1c1cccnc1. The van der Waals surface area contributed by atoms with E-state index in [1.54, 1.807) is 24.5 Å². The van der Waals surface area contributed by atoms with Crippen LogP contribution < -0.4 is 9.47 Å². The van der Waals surface area contributed by atoms with Crippen LogP contribution in [0.25, 0.3) is 5.76 Å². The summed E-state index contributed by atoms with van der Waals surface area (Å²) in [5, 5.41) is 11.4. The Kier molecular flexibility index (Phi) is 6.08. The maximum absolute atomic E-state index is 12.9. The molecule has 0 bridgehead atoms. The van der Waals surface area contributed by atoms with Gasteiger partial charge < -0.3 is 19.5 Å². The molecule has 2 heterocycles. The number of aliphatic hydroxyl groups excluding tert-OH is 1. The number of hydrogen-bond donors (Lipinski definition) is 1. The smallest absolute Gasteiger partial charge is 0.295 e. The fourth-order valence-electron chi connectivity index (χ4n) is 3.43. The Labute approximate surface area is 173 Å². The van der Waals surface area contributed by atoms with E-state index in [2.05, 4.69) is 4.98 Å². The normalized spacial score (nSPS) is 18.2. The number of hydrogen-bond acceptors (Lipinski definition) is 6. The quantitative estimate of drug-likeness (QED) is 0.440. The number of carbonyl (C=O) groups excluding carboxylic acids is 2. The van der Waals surface area contributed by atoms with Gasteiger partial charge in [-0.05, 0) is 24.1 Å². The van der Waals surface area contributed by atoms with E-state index in [1.165, 1.54) is 31.3 Å². The molecule has 1 amide bonds. The maximum Gasteiger partial charge on any atom is 0.295 e. The molecule has 1 atom stereocenters. The summed E-state index contributed by atoms with van der Waals surface area (Å²) in [5.41, 5.74) is 0.804. The number of likely N-dealkylation sites (tertiary alicyclic amines) is 1. The molecule has 152 valence electrons. The summed E-state index contributed by atoms with van der Waals surface area (Å²) < 4.78 is 10.6. The minimum atomic E-state index is -0.763. The molecule has 1 saturated heterocycles. The van der Waals surface area contributed by atoms with Crippen LogP contribution in [-0.4, -0.2) is 47.4 Å². The molecule has 0 spiro atoms. The van der Waals surface area contributed by atoms with E-state index in [4.69, 9.17) is 21.1 Å². The van der Waals surface area contributed by atoms with Gasteiger partial charge in [0.2, 0.25) is 0 Å². The monoisotopic (exact) mass is 416 g/mol. The van der Waals surface area contributed by atoms with Crippen LogP contribution in [0.4, 0.5) is 0 Å². The lowest BCUT2D eigenvalue weighted by atomic mass is 9.96. The summed E-state index contributed by atoms with van der Waals surface area (Å²) >= 11 is 6.15. The molecule has 1 aliphatic rings. The molecule has 1 unspecified atom stereocenters. The van der Waals surface area contributed by atoms with Gasteiger partial charge in [-0.3, -0.25) is 14.6 Å². The number of pyridine rings is 1. The highest BCUT2D eigenvalue weighted by atomic mass is 35.5. The summed E-state index contributed by atoms with van der Waals surface area (Å²) in [6, 6.07) is 5.68. The van der Waals surface area contributed by atoms with Crippen LogP contribution in [0.15, 0.2) is 42.2 Å². The highest BCUT2D eigenvalue weighted by Gasteiger charge is 2.46. The van der Waals surface area contributed by atoms with E-state index in [-0.39, 0.29) is 27.7 Å². The van der Waals surface area contributed by atoms with Gasteiger partial charge in [0.25, 0.3) is 11.7 Å². The Morgan fingerprint density at radius 1 is 1.24 bits per heavy atom. The molecule has 2 aromatic rings. The zero-order valence-corrected chi connectivity index (χ0v) is 17.1. The van der Waals surface area contributed by atoms with Gasteiger partial charge in [0.15, 0.2) is 0 Å². The van der Waals surface area contributed by atoms with E-state index in [0.29, 0.717) is 24.3 Å². The molecule has 0 saturated carbocycles. The number of methoxy groups -OCH3 is 2. The van der Waals surface area contributed by atoms with Crippen LogP contribution in [-0.2, 0) is 9.59 Å². The molecule has 1 aromatic heterocycles. The predicted octanol–water partition coefficient (Wildman–Crippen LogP) is 3.58. The Bertz CT molecular complexity index is 975. The number of rotatable bonds is 6. The van der Waals surface area contributed by atoms with Crippen LogP contribution >= 0.6 is 11.6 Å². The van der Waals surface area contributed by atoms with Gasteiger partial charge in [-0.2, -0.15) is 0 Å². The van der Waals surface area contributed by atoms with Gasteiger partial charge in [0, 0.05) is 25.0 Å². The van der Waals surface area contributed by atoms with Crippen molar-refractivity contribution in [3.63, 3.8) is 0 Å². The summed E-state index contributed by atoms with van der Waals surface area (Å²) in [4.78, 5) is 31.1. The Balaban J connectivity index is 2.26. The van der Waals surface area contributed by atoms with Crippen molar-refractivity contribution in [2.75, 3.05) is 20.8 Å². The Hall–Kier alpha value is -3.06. The van der Waals surface area contributed by atoms with Crippen LogP contribution in [0, 0.1) is 0 Å². The maximum atomic E-state index is 12.9. The van der Waals surface area contributed by atoms with Crippen LogP contribution in [0.2, 0.25) is 5.02 Å². The van der Waals surface area contributed by atoms with Crippen molar-refractivity contribution < 1.29 is 24.2 Å². The lowest BCUT2D eigenvalue weighted by Crippen LogP contribution is -2.30. The Morgan fingerprint density at radius 3 is 2.55 bits per heavy atom. The lowest BCUT2D eigenvalue weighted by Gasteiger charge is -2.24. The second-order valence-corrected chi connectivity index (χ2v) is 6.87. The molecular formula is C21H21ClN2O5. The second kappa shape index (κ2) is 8.53. The molecule has 1 N–H and O–H groups in total. The minimum Gasteiger partial charge on any atom is -0.507 e. The molecule has 3 rings (SSSR count). The lowest BCUT2D eigenvalue weighted by molar-refractivity contribution is -0.139. The van der Waals surface area contributed by atoms with Gasteiger partial charge in [0.1, 0.15) is 17.3 Å². The number of ether oxygens (including phenoxy) is 2. The minimum absolute atomic E-state index is 0.0286. The predicted molar refractivity (Wildman–Crippen MR) is 108 cm³/mol. The number of Topliss-reactive ketones (excluding diaryl/α,β-unsaturated/α-hetero) is 1. The third-order valence-corrected chi connectivity index (χ3v) is 5.03. The highest BCUT2D eigenvalue weighted by molar-refractivity contribution is 6.46. The van der Waals surface area contributed by atoms with Crippen molar-refractivity contribution in [2.45, 2.75) is 19.4 Å². The standard InChI is InChI=1S/C21H21ClN2O5/c1-4-8-24-18(12-6-5-7-23-11-12)17(20(26)21(24)27)19(25)13-9-16(29-3)14(22)10-15(13)28-2/h5-7,9-11,18,25H,4,8H2,1-3H3/b19-17+. The molecule has 0 aliphatic carbocycles. The van der Waals surface area contributed by atoms with Gasteiger partial charge in [-0.1, -0.05) is 24.6 Å². The summed E-state index contributed by atoms with van der Waals surface area (Å²) in [5.74, 6) is -1.24. The van der Waals surface area contributed by atoms with Crippen molar-refractivity contribution in [1.29, 1.82) is 0 Å². The number of nitrogens with zero attached hydrogens (tertiary/aromatic N) is 2. The number of carbonyl (C=O) groups is 2. The van der Waals surface area contributed by atoms with Crippen LogP contribution in [0.5, 0.6) is 11.5 Å². The number of benzene rings is 1. The molecule has 29 heavy (non-hydrogen) atoms. The van der Waals surface area contributed by atoms with Crippen molar-refractivity contribution in [3.05, 3.63) is 58.4 Å². The molecule has 8 heteroatoms. The third-order valence-electron chi connectivity index (χ3n) is 4.73. The van der Waals surface area contributed by atoms with Gasteiger partial charge in [-0.25, -0.2) is 0 Å². The van der Waals surface area contributed by atoms with E-state index >= 15 is 0 Å². The molecular weight excluding hydrogens is 396 g/mol. The molecule has 1 aliphatic heterocycles. The van der Waals surface area contributed by atoms with Gasteiger partial charge in [0.05, 0.1) is 36.4 Å². The average Bonchev–Trinajstić information content (AvgIpc) is 2.99. The average molecular weight is 417 g/mol. The van der Waals surface area contributed by atoms with Crippen molar-refractivity contribution in [3.8, 4) is 11.5 Å². The first-order valence-corrected chi connectivity index (χ1v) is 9.42. The topological polar surface area (TPSA) is 89.0 Å².